The predicted molar refractivity (Wildman–Crippen MR) is 62.8 cm³/mol. The zero-order chi connectivity index (χ0) is 10.8. The van der Waals surface area contributed by atoms with Crippen molar-refractivity contribution in [3.05, 3.63) is 23.8 Å². The zero-order valence-electron chi connectivity index (χ0n) is 9.58. The second-order valence-corrected chi connectivity index (χ2v) is 4.04. The lowest BCUT2D eigenvalue weighted by atomic mass is 10.2. The first-order valence-corrected chi connectivity index (χ1v) is 5.32. The van der Waals surface area contributed by atoms with Gasteiger partial charge in [-0.05, 0) is 31.7 Å². The van der Waals surface area contributed by atoms with Gasteiger partial charge in [0.25, 0.3) is 0 Å². The summed E-state index contributed by atoms with van der Waals surface area (Å²) in [5, 5.41) is 3.20. The topological polar surface area (TPSA) is 24.3 Å². The molecule has 1 aromatic rings. The number of benzene rings is 1. The molecule has 1 aromatic carbocycles. The fourth-order valence-electron chi connectivity index (χ4n) is 1.91. The normalized spacial score (nSPS) is 19.1. The number of nitrogens with zero attached hydrogens (tertiary/aromatic N) is 1. The highest BCUT2D eigenvalue weighted by molar-refractivity contribution is 5.64. The lowest BCUT2D eigenvalue weighted by molar-refractivity contribution is 0.415. The van der Waals surface area contributed by atoms with Crippen LogP contribution >= 0.6 is 0 Å². The van der Waals surface area contributed by atoms with E-state index in [1.807, 2.05) is 13.1 Å². The molecule has 0 aromatic heterocycles. The van der Waals surface area contributed by atoms with E-state index in [4.69, 9.17) is 4.74 Å². The molecule has 0 radical (unpaired) electrons. The molecule has 1 aliphatic rings. The maximum Gasteiger partial charge on any atom is 0.142 e. The van der Waals surface area contributed by atoms with Gasteiger partial charge in [0.1, 0.15) is 5.75 Å². The quantitative estimate of drug-likeness (QED) is 0.754. The maximum absolute atomic E-state index is 5.37. The van der Waals surface area contributed by atoms with Crippen molar-refractivity contribution in [3.63, 3.8) is 0 Å². The fraction of sp³-hybridized carbons (Fsp3) is 0.500. The zero-order valence-corrected chi connectivity index (χ0v) is 9.58. The van der Waals surface area contributed by atoms with Crippen LogP contribution in [-0.2, 0) is 0 Å². The average molecular weight is 206 g/mol. The molecule has 1 unspecified atom stereocenters. The fourth-order valence-corrected chi connectivity index (χ4v) is 1.91. The van der Waals surface area contributed by atoms with Crippen LogP contribution in [0, 0.1) is 6.92 Å². The molecule has 1 heterocycles. The number of aryl methyl sites for hydroxylation is 1. The molecule has 1 fully saturated rings. The van der Waals surface area contributed by atoms with Crippen LogP contribution in [0.25, 0.3) is 0 Å². The Labute approximate surface area is 91.0 Å². The van der Waals surface area contributed by atoms with Gasteiger partial charge in [0.2, 0.25) is 0 Å². The summed E-state index contributed by atoms with van der Waals surface area (Å²) in [5.41, 5.74) is 2.50. The van der Waals surface area contributed by atoms with E-state index in [0.29, 0.717) is 6.04 Å². The van der Waals surface area contributed by atoms with E-state index in [1.54, 1.807) is 7.11 Å². The summed E-state index contributed by atoms with van der Waals surface area (Å²) in [7, 11) is 3.72. The van der Waals surface area contributed by atoms with E-state index in [-0.39, 0.29) is 0 Å². The monoisotopic (exact) mass is 206 g/mol. The summed E-state index contributed by atoms with van der Waals surface area (Å²) in [6.45, 7) is 4.28. The van der Waals surface area contributed by atoms with Crippen molar-refractivity contribution in [1.29, 1.82) is 0 Å². The molecule has 1 atom stereocenters. The number of methoxy groups -OCH3 is 1. The van der Waals surface area contributed by atoms with Gasteiger partial charge in [0.15, 0.2) is 0 Å². The number of hydrogen-bond donors (Lipinski definition) is 1. The lowest BCUT2D eigenvalue weighted by Crippen LogP contribution is -2.17. The summed E-state index contributed by atoms with van der Waals surface area (Å²) in [5.74, 6) is 0.971. The Balaban J connectivity index is 2.17. The molecule has 3 nitrogen and oxygen atoms in total. The molecule has 3 heteroatoms. The Morgan fingerprint density at radius 1 is 1.53 bits per heavy atom. The van der Waals surface area contributed by atoms with Crippen molar-refractivity contribution in [2.75, 3.05) is 32.1 Å². The van der Waals surface area contributed by atoms with E-state index in [1.165, 1.54) is 11.3 Å². The van der Waals surface area contributed by atoms with Crippen LogP contribution in [0.15, 0.2) is 18.2 Å². The van der Waals surface area contributed by atoms with E-state index < -0.39 is 0 Å². The second kappa shape index (κ2) is 4.11. The van der Waals surface area contributed by atoms with Crippen LogP contribution in [0.3, 0.4) is 0 Å². The Hall–Kier alpha value is -1.22. The smallest absolute Gasteiger partial charge is 0.142 e. The Morgan fingerprint density at radius 2 is 2.33 bits per heavy atom. The van der Waals surface area contributed by atoms with Crippen molar-refractivity contribution >= 4 is 5.69 Å². The highest BCUT2D eigenvalue weighted by Crippen LogP contribution is 2.36. The Kier molecular flexibility index (Phi) is 2.82. The van der Waals surface area contributed by atoms with Crippen molar-refractivity contribution < 1.29 is 4.74 Å². The average Bonchev–Trinajstić information content (AvgIpc) is 2.98. The third kappa shape index (κ3) is 2.07. The number of rotatable bonds is 4. The molecule has 0 aliphatic carbocycles. The lowest BCUT2D eigenvalue weighted by Gasteiger charge is -2.11. The van der Waals surface area contributed by atoms with E-state index in [9.17, 15) is 0 Å². The number of nitrogens with one attached hydrogen (secondary N) is 1. The third-order valence-electron chi connectivity index (χ3n) is 2.80. The van der Waals surface area contributed by atoms with Crippen molar-refractivity contribution in [1.82, 2.24) is 5.32 Å². The van der Waals surface area contributed by atoms with Gasteiger partial charge < -0.3 is 15.0 Å². The van der Waals surface area contributed by atoms with Crippen molar-refractivity contribution in [2.45, 2.75) is 13.0 Å². The van der Waals surface area contributed by atoms with Gasteiger partial charge in [-0.3, -0.25) is 0 Å². The SMILES string of the molecule is CNCC1CN1c1cc(C)ccc1OC. The van der Waals surface area contributed by atoms with Gasteiger partial charge in [0, 0.05) is 13.1 Å². The van der Waals surface area contributed by atoms with Gasteiger partial charge in [-0.25, -0.2) is 0 Å². The first-order chi connectivity index (χ1) is 7.26. The van der Waals surface area contributed by atoms with Crippen LogP contribution in [-0.4, -0.2) is 33.3 Å². The molecule has 0 spiro atoms. The summed E-state index contributed by atoms with van der Waals surface area (Å²) >= 11 is 0. The maximum atomic E-state index is 5.37. The van der Waals surface area contributed by atoms with Crippen LogP contribution in [0.2, 0.25) is 0 Å². The highest BCUT2D eigenvalue weighted by atomic mass is 16.5. The van der Waals surface area contributed by atoms with Crippen LogP contribution < -0.4 is 15.0 Å². The number of hydrogen-bond acceptors (Lipinski definition) is 3. The van der Waals surface area contributed by atoms with Gasteiger partial charge >= 0.3 is 0 Å². The minimum Gasteiger partial charge on any atom is -0.495 e. The number of likely N-dealkylation sites (N-methyl/N-ethyl adjacent to an activating group) is 1. The molecule has 15 heavy (non-hydrogen) atoms. The number of anilines is 1. The van der Waals surface area contributed by atoms with E-state index >= 15 is 0 Å². The molecule has 1 N–H and O–H groups in total. The molecule has 1 saturated heterocycles. The van der Waals surface area contributed by atoms with E-state index in [0.717, 1.165) is 18.8 Å². The molecule has 0 saturated carbocycles. The van der Waals surface area contributed by atoms with Gasteiger partial charge in [-0.1, -0.05) is 6.07 Å². The third-order valence-corrected chi connectivity index (χ3v) is 2.80. The van der Waals surface area contributed by atoms with Crippen molar-refractivity contribution in [3.8, 4) is 5.75 Å². The van der Waals surface area contributed by atoms with Gasteiger partial charge in [-0.15, -0.1) is 0 Å². The molecule has 82 valence electrons. The molecule has 2 rings (SSSR count). The second-order valence-electron chi connectivity index (χ2n) is 4.04. The highest BCUT2D eigenvalue weighted by Gasteiger charge is 2.35. The first-order valence-electron chi connectivity index (χ1n) is 5.32. The summed E-state index contributed by atoms with van der Waals surface area (Å²) in [6.07, 6.45) is 0. The van der Waals surface area contributed by atoms with Crippen LogP contribution in [0.1, 0.15) is 5.56 Å². The minimum atomic E-state index is 0.630. The standard InChI is InChI=1S/C12H18N2O/c1-9-4-5-12(15-3)11(6-9)14-8-10(14)7-13-2/h4-6,10,13H,7-8H2,1-3H3. The number of ether oxygens (including phenoxy) is 1. The van der Waals surface area contributed by atoms with E-state index in [2.05, 4.69) is 29.3 Å². The predicted octanol–water partition coefficient (Wildman–Crippen LogP) is 1.41. The molecular weight excluding hydrogens is 188 g/mol. The molecule has 0 bridgehead atoms. The summed E-state index contributed by atoms with van der Waals surface area (Å²) in [6, 6.07) is 6.94. The van der Waals surface area contributed by atoms with Crippen LogP contribution in [0.4, 0.5) is 5.69 Å². The molecule has 0 amide bonds. The Bertz CT molecular complexity index is 351. The van der Waals surface area contributed by atoms with Crippen LogP contribution in [0.5, 0.6) is 5.75 Å². The van der Waals surface area contributed by atoms with Gasteiger partial charge in [-0.2, -0.15) is 0 Å². The summed E-state index contributed by atoms with van der Waals surface area (Å²) in [4.78, 5) is 2.36. The van der Waals surface area contributed by atoms with Crippen molar-refractivity contribution in [2.24, 2.45) is 0 Å². The molecule has 1 aliphatic heterocycles. The Morgan fingerprint density at radius 3 is 3.00 bits per heavy atom. The largest absolute Gasteiger partial charge is 0.495 e. The minimum absolute atomic E-state index is 0.630. The van der Waals surface area contributed by atoms with Gasteiger partial charge in [0.05, 0.1) is 18.8 Å². The molecular formula is C12H18N2O. The first kappa shape index (κ1) is 10.3. The summed E-state index contributed by atoms with van der Waals surface area (Å²) < 4.78 is 5.37.